The summed E-state index contributed by atoms with van der Waals surface area (Å²) in [4.78, 5) is 8.59. The van der Waals surface area contributed by atoms with Crippen LogP contribution in [-0.4, -0.2) is 16.5 Å². The van der Waals surface area contributed by atoms with Crippen LogP contribution in [0.3, 0.4) is 0 Å². The average molecular weight is 199 g/mol. The lowest BCUT2D eigenvalue weighted by molar-refractivity contribution is 0.648. The number of nitrogens with one attached hydrogen (secondary N) is 1. The minimum Gasteiger partial charge on any atom is -0.310 e. The molecule has 1 aliphatic rings. The summed E-state index contributed by atoms with van der Waals surface area (Å²) in [5.74, 6) is 0. The van der Waals surface area contributed by atoms with Gasteiger partial charge in [0.25, 0.3) is 0 Å². The molecule has 3 nitrogen and oxygen atoms in total. The third kappa shape index (κ3) is 1.59. The van der Waals surface area contributed by atoms with Crippen molar-refractivity contribution in [3.8, 4) is 0 Å². The molecule has 1 unspecified atom stereocenters. The summed E-state index contributed by atoms with van der Waals surface area (Å²) < 4.78 is 0. The molecule has 1 aliphatic heterocycles. The maximum Gasteiger partial charge on any atom is 0.0890 e. The molecule has 0 radical (unpaired) electrons. The van der Waals surface area contributed by atoms with E-state index in [1.54, 1.807) is 12.4 Å². The molecule has 1 aromatic carbocycles. The van der Waals surface area contributed by atoms with Gasteiger partial charge in [0.2, 0.25) is 0 Å². The second kappa shape index (κ2) is 3.59. The quantitative estimate of drug-likeness (QED) is 0.763. The van der Waals surface area contributed by atoms with Crippen LogP contribution in [-0.2, 0) is 0 Å². The fourth-order valence-electron chi connectivity index (χ4n) is 2.17. The van der Waals surface area contributed by atoms with E-state index in [0.717, 1.165) is 17.6 Å². The Bertz CT molecular complexity index is 475. The Morgan fingerprint density at radius 2 is 2.00 bits per heavy atom. The van der Waals surface area contributed by atoms with Gasteiger partial charge in [-0.3, -0.25) is 9.97 Å². The fourth-order valence-corrected chi connectivity index (χ4v) is 2.17. The number of hydrogen-bond donors (Lipinski definition) is 1. The molecule has 15 heavy (non-hydrogen) atoms. The van der Waals surface area contributed by atoms with Crippen LogP contribution in [0.15, 0.2) is 30.6 Å². The van der Waals surface area contributed by atoms with Gasteiger partial charge in [0.1, 0.15) is 0 Å². The minimum atomic E-state index is 0.511. The van der Waals surface area contributed by atoms with E-state index in [1.807, 2.05) is 0 Å². The fraction of sp³-hybridized carbons (Fsp3) is 0.333. The Labute approximate surface area is 88.6 Å². The lowest BCUT2D eigenvalue weighted by Gasteiger charge is -2.10. The van der Waals surface area contributed by atoms with Gasteiger partial charge in [-0.2, -0.15) is 0 Å². The molecule has 76 valence electrons. The summed E-state index contributed by atoms with van der Waals surface area (Å²) in [6.07, 6.45) is 5.97. The zero-order valence-corrected chi connectivity index (χ0v) is 8.48. The number of nitrogens with zero attached hydrogens (tertiary/aromatic N) is 2. The predicted molar refractivity (Wildman–Crippen MR) is 59.5 cm³/mol. The first-order valence-corrected chi connectivity index (χ1v) is 5.37. The molecule has 0 saturated carbocycles. The number of rotatable bonds is 1. The molecule has 3 rings (SSSR count). The topological polar surface area (TPSA) is 37.8 Å². The van der Waals surface area contributed by atoms with Gasteiger partial charge in [0.05, 0.1) is 11.0 Å². The van der Waals surface area contributed by atoms with Crippen LogP contribution in [0.2, 0.25) is 0 Å². The first-order valence-electron chi connectivity index (χ1n) is 5.37. The number of hydrogen-bond acceptors (Lipinski definition) is 3. The van der Waals surface area contributed by atoms with E-state index < -0.39 is 0 Å². The van der Waals surface area contributed by atoms with Gasteiger partial charge in [-0.1, -0.05) is 6.07 Å². The normalized spacial score (nSPS) is 20.9. The average Bonchev–Trinajstić information content (AvgIpc) is 2.82. The van der Waals surface area contributed by atoms with Crippen molar-refractivity contribution in [1.29, 1.82) is 0 Å². The molecule has 2 heterocycles. The molecule has 0 aliphatic carbocycles. The van der Waals surface area contributed by atoms with E-state index in [9.17, 15) is 0 Å². The molecule has 2 aromatic rings. The third-order valence-corrected chi connectivity index (χ3v) is 2.96. The summed E-state index contributed by atoms with van der Waals surface area (Å²) in [6, 6.07) is 6.86. The number of aromatic nitrogens is 2. The van der Waals surface area contributed by atoms with E-state index >= 15 is 0 Å². The highest BCUT2D eigenvalue weighted by molar-refractivity contribution is 5.74. The smallest absolute Gasteiger partial charge is 0.0890 e. The van der Waals surface area contributed by atoms with E-state index in [2.05, 4.69) is 33.5 Å². The van der Waals surface area contributed by atoms with Crippen LogP contribution >= 0.6 is 0 Å². The lowest BCUT2D eigenvalue weighted by Crippen LogP contribution is -2.12. The molecular weight excluding hydrogens is 186 g/mol. The highest BCUT2D eigenvalue weighted by atomic mass is 14.9. The van der Waals surface area contributed by atoms with Crippen molar-refractivity contribution in [1.82, 2.24) is 15.3 Å². The highest BCUT2D eigenvalue weighted by Crippen LogP contribution is 2.24. The molecule has 0 bridgehead atoms. The molecule has 1 saturated heterocycles. The largest absolute Gasteiger partial charge is 0.310 e. The third-order valence-electron chi connectivity index (χ3n) is 2.96. The van der Waals surface area contributed by atoms with E-state index in [1.165, 1.54) is 18.4 Å². The van der Waals surface area contributed by atoms with Crippen molar-refractivity contribution in [2.45, 2.75) is 18.9 Å². The second-order valence-electron chi connectivity index (χ2n) is 3.95. The van der Waals surface area contributed by atoms with Gasteiger partial charge in [0.15, 0.2) is 0 Å². The van der Waals surface area contributed by atoms with Gasteiger partial charge < -0.3 is 5.32 Å². The van der Waals surface area contributed by atoms with Crippen molar-refractivity contribution < 1.29 is 0 Å². The molecule has 1 fully saturated rings. The van der Waals surface area contributed by atoms with Crippen LogP contribution in [0.1, 0.15) is 24.4 Å². The van der Waals surface area contributed by atoms with Crippen molar-refractivity contribution in [2.75, 3.05) is 6.54 Å². The molecular formula is C12H13N3. The van der Waals surface area contributed by atoms with Crippen LogP contribution in [0.25, 0.3) is 11.0 Å². The maximum atomic E-state index is 4.32. The summed E-state index contributed by atoms with van der Waals surface area (Å²) in [5, 5.41) is 3.49. The van der Waals surface area contributed by atoms with Crippen LogP contribution < -0.4 is 5.32 Å². The maximum absolute atomic E-state index is 4.32. The summed E-state index contributed by atoms with van der Waals surface area (Å²) in [6.45, 7) is 1.13. The van der Waals surface area contributed by atoms with Crippen molar-refractivity contribution in [3.05, 3.63) is 36.2 Å². The highest BCUT2D eigenvalue weighted by Gasteiger charge is 2.16. The van der Waals surface area contributed by atoms with Crippen LogP contribution in [0.4, 0.5) is 0 Å². The molecule has 0 amide bonds. The number of fused-ring (bicyclic) bond motifs is 1. The van der Waals surface area contributed by atoms with Gasteiger partial charge in [-0.15, -0.1) is 0 Å². The molecule has 1 atom stereocenters. The van der Waals surface area contributed by atoms with Crippen molar-refractivity contribution in [3.63, 3.8) is 0 Å². The predicted octanol–water partition coefficient (Wildman–Crippen LogP) is 2.05. The van der Waals surface area contributed by atoms with Gasteiger partial charge in [-0.25, -0.2) is 0 Å². The minimum absolute atomic E-state index is 0.511. The Balaban J connectivity index is 2.05. The molecule has 0 spiro atoms. The van der Waals surface area contributed by atoms with Crippen molar-refractivity contribution >= 4 is 11.0 Å². The zero-order valence-electron chi connectivity index (χ0n) is 8.48. The lowest BCUT2D eigenvalue weighted by atomic mass is 10.0. The van der Waals surface area contributed by atoms with Crippen LogP contribution in [0, 0.1) is 0 Å². The Morgan fingerprint density at radius 3 is 2.80 bits per heavy atom. The molecule has 3 heteroatoms. The second-order valence-corrected chi connectivity index (χ2v) is 3.95. The monoisotopic (exact) mass is 199 g/mol. The first kappa shape index (κ1) is 8.80. The Morgan fingerprint density at radius 1 is 1.13 bits per heavy atom. The van der Waals surface area contributed by atoms with Crippen LogP contribution in [0.5, 0.6) is 0 Å². The Hall–Kier alpha value is -1.48. The SMILES string of the molecule is c1cnc2cc(C3CCCN3)ccc2n1. The first-order chi connectivity index (χ1) is 7.43. The zero-order chi connectivity index (χ0) is 10.1. The van der Waals surface area contributed by atoms with E-state index in [-0.39, 0.29) is 0 Å². The molecule has 1 aromatic heterocycles. The van der Waals surface area contributed by atoms with Gasteiger partial charge in [0, 0.05) is 18.4 Å². The molecule has 1 N–H and O–H groups in total. The van der Waals surface area contributed by atoms with Crippen molar-refractivity contribution in [2.24, 2.45) is 0 Å². The van der Waals surface area contributed by atoms with Gasteiger partial charge >= 0.3 is 0 Å². The standard InChI is InChI=1S/C12H13N3/c1-2-10(13-5-1)9-3-4-11-12(8-9)15-7-6-14-11/h3-4,6-8,10,13H,1-2,5H2. The van der Waals surface area contributed by atoms with Gasteiger partial charge in [-0.05, 0) is 37.1 Å². The Kier molecular flexibility index (Phi) is 2.10. The summed E-state index contributed by atoms with van der Waals surface area (Å²) >= 11 is 0. The van der Waals surface area contributed by atoms with E-state index in [4.69, 9.17) is 0 Å². The summed E-state index contributed by atoms with van der Waals surface area (Å²) in [5.41, 5.74) is 3.29. The van der Waals surface area contributed by atoms with E-state index in [0.29, 0.717) is 6.04 Å². The summed E-state index contributed by atoms with van der Waals surface area (Å²) in [7, 11) is 0. The number of benzene rings is 1.